The van der Waals surface area contributed by atoms with Gasteiger partial charge in [0.1, 0.15) is 0 Å². The number of hydrogen-bond donors (Lipinski definition) is 2. The van der Waals surface area contributed by atoms with Crippen LogP contribution in [0.3, 0.4) is 0 Å². The molecule has 2 bridgehead atoms. The number of aliphatic carboxylic acids is 2. The Morgan fingerprint density at radius 2 is 1.21 bits per heavy atom. The van der Waals surface area contributed by atoms with Crippen LogP contribution in [-0.4, -0.2) is 58.1 Å². The first-order valence-electron chi connectivity index (χ1n) is 11.4. The average Bonchev–Trinajstić information content (AvgIpc) is 2.73. The first-order chi connectivity index (χ1) is 16.0. The summed E-state index contributed by atoms with van der Waals surface area (Å²) < 4.78 is 1.16. The van der Waals surface area contributed by atoms with Crippen molar-refractivity contribution in [1.29, 1.82) is 0 Å². The van der Waals surface area contributed by atoms with E-state index in [0.717, 1.165) is 17.6 Å². The Balaban J connectivity index is 0.000000350. The van der Waals surface area contributed by atoms with Crippen LogP contribution in [0, 0.1) is 10.8 Å². The molecule has 2 aliphatic heterocycles. The largest absolute Gasteiger partial charge is 0.478 e. The minimum absolute atomic E-state index is 0.384. The Bertz CT molecular complexity index is 975. The van der Waals surface area contributed by atoms with Crippen molar-refractivity contribution in [2.24, 2.45) is 10.8 Å². The van der Waals surface area contributed by atoms with Crippen LogP contribution in [0.25, 0.3) is 0 Å². The van der Waals surface area contributed by atoms with Crippen LogP contribution in [0.2, 0.25) is 0 Å². The van der Waals surface area contributed by atoms with Crippen LogP contribution in [-0.2, 0) is 22.7 Å². The van der Waals surface area contributed by atoms with Gasteiger partial charge in [-0.2, -0.15) is 0 Å². The highest BCUT2D eigenvalue weighted by molar-refractivity contribution is 9.10. The van der Waals surface area contributed by atoms with Crippen LogP contribution < -0.4 is 0 Å². The maximum atomic E-state index is 9.55. The van der Waals surface area contributed by atoms with Gasteiger partial charge in [-0.25, -0.2) is 9.59 Å². The Kier molecular flexibility index (Phi) is 8.68. The number of fused-ring (bicyclic) bond motifs is 2. The van der Waals surface area contributed by atoms with E-state index in [-0.39, 0.29) is 0 Å². The molecule has 2 aromatic carbocycles. The van der Waals surface area contributed by atoms with Gasteiger partial charge in [0.2, 0.25) is 0 Å². The fourth-order valence-corrected chi connectivity index (χ4v) is 5.95. The van der Waals surface area contributed by atoms with Crippen LogP contribution in [0.15, 0.2) is 71.2 Å². The summed E-state index contributed by atoms with van der Waals surface area (Å²) in [5, 5.41) is 15.6. The van der Waals surface area contributed by atoms with Gasteiger partial charge in [0.15, 0.2) is 0 Å². The molecule has 0 saturated carbocycles. The predicted molar refractivity (Wildman–Crippen MR) is 136 cm³/mol. The summed E-state index contributed by atoms with van der Waals surface area (Å²) in [5.41, 5.74) is 3.62. The lowest BCUT2D eigenvalue weighted by Gasteiger charge is -2.57. The SMILES string of the molecule is CC12CN(Cc3ccccc3)CC(C)(CN(Cc3ccc(Br)cc3)C1)C2.O=C(O)C=CC(=O)O. The van der Waals surface area contributed by atoms with Crippen LogP contribution >= 0.6 is 15.9 Å². The lowest BCUT2D eigenvalue weighted by Crippen LogP contribution is -2.61. The minimum atomic E-state index is -1.26. The maximum Gasteiger partial charge on any atom is 0.328 e. The van der Waals surface area contributed by atoms with Gasteiger partial charge in [-0.3, -0.25) is 9.80 Å². The smallest absolute Gasteiger partial charge is 0.328 e. The van der Waals surface area contributed by atoms with Gasteiger partial charge in [-0.05, 0) is 40.5 Å². The first-order valence-corrected chi connectivity index (χ1v) is 12.2. The molecule has 2 unspecified atom stereocenters. The Hall–Kier alpha value is -2.48. The molecule has 4 rings (SSSR count). The third-order valence-electron chi connectivity index (χ3n) is 6.21. The molecule has 2 atom stereocenters. The van der Waals surface area contributed by atoms with Crippen LogP contribution in [0.4, 0.5) is 0 Å². The summed E-state index contributed by atoms with van der Waals surface area (Å²) in [6.07, 6.45) is 2.47. The molecule has 2 N–H and O–H groups in total. The van der Waals surface area contributed by atoms with Gasteiger partial charge in [0.05, 0.1) is 0 Å². The number of piperidine rings is 2. The van der Waals surface area contributed by atoms with Crippen molar-refractivity contribution in [2.75, 3.05) is 26.2 Å². The molecule has 0 aromatic heterocycles. The molecular formula is C27H33BrN2O4. The Morgan fingerprint density at radius 3 is 1.62 bits per heavy atom. The van der Waals surface area contributed by atoms with Gasteiger partial charge in [-0.15, -0.1) is 0 Å². The first kappa shape index (κ1) is 26.1. The predicted octanol–water partition coefficient (Wildman–Crippen LogP) is 4.90. The lowest BCUT2D eigenvalue weighted by molar-refractivity contribution is -0.134. The average molecular weight is 529 g/mol. The highest BCUT2D eigenvalue weighted by Crippen LogP contribution is 2.46. The van der Waals surface area contributed by atoms with Crippen molar-refractivity contribution in [2.45, 2.75) is 33.4 Å². The standard InChI is InChI=1S/C23H29BrN2.C4H4O4/c1-22-14-23(2,16-25(15-22)12-19-6-4-3-5-7-19)18-26(17-22)13-20-8-10-21(24)11-9-20;5-3(6)1-2-4(7)8/h3-11H,12-18H2,1-2H3;1-2H,(H,5,6)(H,7,8). The second-order valence-electron chi connectivity index (χ2n) is 10.2. The van der Waals surface area contributed by atoms with Crippen molar-refractivity contribution in [1.82, 2.24) is 9.80 Å². The highest BCUT2D eigenvalue weighted by atomic mass is 79.9. The lowest BCUT2D eigenvalue weighted by atomic mass is 9.65. The van der Waals surface area contributed by atoms with E-state index in [0.29, 0.717) is 23.0 Å². The summed E-state index contributed by atoms with van der Waals surface area (Å²) >= 11 is 3.54. The third kappa shape index (κ3) is 8.08. The van der Waals surface area contributed by atoms with E-state index in [9.17, 15) is 9.59 Å². The molecule has 0 spiro atoms. The van der Waals surface area contributed by atoms with Crippen molar-refractivity contribution < 1.29 is 19.8 Å². The molecule has 2 fully saturated rings. The van der Waals surface area contributed by atoms with Crippen molar-refractivity contribution >= 4 is 27.9 Å². The summed E-state index contributed by atoms with van der Waals surface area (Å²) in [5.74, 6) is -2.51. The normalized spacial score (nSPS) is 24.9. The number of carboxylic acids is 2. The second-order valence-corrected chi connectivity index (χ2v) is 11.1. The van der Waals surface area contributed by atoms with Gasteiger partial charge in [0, 0.05) is 55.9 Å². The van der Waals surface area contributed by atoms with Crippen LogP contribution in [0.1, 0.15) is 31.4 Å². The highest BCUT2D eigenvalue weighted by Gasteiger charge is 2.48. The number of benzene rings is 2. The summed E-state index contributed by atoms with van der Waals surface area (Å²) in [7, 11) is 0. The van der Waals surface area contributed by atoms with Gasteiger partial charge < -0.3 is 10.2 Å². The molecule has 2 aromatic rings. The molecule has 6 nitrogen and oxygen atoms in total. The van der Waals surface area contributed by atoms with Gasteiger partial charge >= 0.3 is 11.9 Å². The third-order valence-corrected chi connectivity index (χ3v) is 6.74. The number of carboxylic acid groups (broad SMARTS) is 2. The molecule has 0 aliphatic carbocycles. The van der Waals surface area contributed by atoms with E-state index >= 15 is 0 Å². The zero-order valence-electron chi connectivity index (χ0n) is 19.8. The van der Waals surface area contributed by atoms with E-state index in [2.05, 4.69) is 94.2 Å². The Morgan fingerprint density at radius 1 is 0.794 bits per heavy atom. The van der Waals surface area contributed by atoms with E-state index in [4.69, 9.17) is 10.2 Å². The molecule has 182 valence electrons. The fourth-order valence-electron chi connectivity index (χ4n) is 5.68. The Labute approximate surface area is 210 Å². The van der Waals surface area contributed by atoms with Gasteiger partial charge in [0.25, 0.3) is 0 Å². The van der Waals surface area contributed by atoms with E-state index < -0.39 is 11.9 Å². The molecular weight excluding hydrogens is 496 g/mol. The fraction of sp³-hybridized carbons (Fsp3) is 0.407. The topological polar surface area (TPSA) is 81.1 Å². The molecule has 2 saturated heterocycles. The van der Waals surface area contributed by atoms with E-state index in [1.807, 2.05) is 0 Å². The zero-order chi connectivity index (χ0) is 24.8. The number of halogens is 1. The van der Waals surface area contributed by atoms with Crippen LogP contribution in [0.5, 0.6) is 0 Å². The maximum absolute atomic E-state index is 9.55. The molecule has 34 heavy (non-hydrogen) atoms. The quantitative estimate of drug-likeness (QED) is 0.519. The summed E-state index contributed by atoms with van der Waals surface area (Å²) in [6, 6.07) is 19.8. The molecule has 2 aliphatic rings. The number of rotatable bonds is 6. The molecule has 0 radical (unpaired) electrons. The number of nitrogens with zero attached hydrogens (tertiary/aromatic N) is 2. The van der Waals surface area contributed by atoms with Crippen molar-refractivity contribution in [3.63, 3.8) is 0 Å². The molecule has 0 amide bonds. The zero-order valence-corrected chi connectivity index (χ0v) is 21.4. The van der Waals surface area contributed by atoms with Crippen molar-refractivity contribution in [3.05, 3.63) is 82.3 Å². The molecule has 2 heterocycles. The summed E-state index contributed by atoms with van der Waals surface area (Å²) in [6.45, 7) is 11.9. The van der Waals surface area contributed by atoms with E-state index in [1.54, 1.807) is 0 Å². The van der Waals surface area contributed by atoms with E-state index in [1.165, 1.54) is 43.7 Å². The second kappa shape index (κ2) is 11.3. The monoisotopic (exact) mass is 528 g/mol. The number of likely N-dealkylation sites (tertiary alicyclic amines) is 2. The number of hydrogen-bond acceptors (Lipinski definition) is 4. The summed E-state index contributed by atoms with van der Waals surface area (Å²) in [4.78, 5) is 24.5. The number of carbonyl (C=O) groups is 2. The minimum Gasteiger partial charge on any atom is -0.478 e. The molecule has 7 heteroatoms. The van der Waals surface area contributed by atoms with Crippen molar-refractivity contribution in [3.8, 4) is 0 Å². The van der Waals surface area contributed by atoms with Gasteiger partial charge in [-0.1, -0.05) is 72.2 Å².